The van der Waals surface area contributed by atoms with Crippen molar-refractivity contribution in [1.82, 2.24) is 9.55 Å². The molecule has 3 aromatic heterocycles. The number of nitrogens with zero attached hydrogens (tertiary/aromatic N) is 4. The van der Waals surface area contributed by atoms with E-state index in [0.29, 0.717) is 21.2 Å². The molecule has 0 saturated carbocycles. The van der Waals surface area contributed by atoms with Crippen LogP contribution in [0.5, 0.6) is 11.6 Å². The smallest absolute Gasteiger partial charge is 0.232 e. The highest BCUT2D eigenvalue weighted by molar-refractivity contribution is 7.92. The normalized spacial score (nSPS) is 11.9. The van der Waals surface area contributed by atoms with Crippen LogP contribution >= 0.6 is 0 Å². The summed E-state index contributed by atoms with van der Waals surface area (Å²) >= 11 is 0. The Morgan fingerprint density at radius 1 is 1.21 bits per heavy atom. The van der Waals surface area contributed by atoms with E-state index in [2.05, 4.69) is 4.98 Å². The van der Waals surface area contributed by atoms with Crippen molar-refractivity contribution in [1.29, 1.82) is 0 Å². The predicted octanol–water partition coefficient (Wildman–Crippen LogP) is 1.68. The Morgan fingerprint density at radius 2 is 1.90 bits per heavy atom. The van der Waals surface area contributed by atoms with E-state index in [9.17, 15) is 23.8 Å². The molecular weight excluding hydrogens is 396 g/mol. The maximum Gasteiger partial charge on any atom is 0.232 e. The van der Waals surface area contributed by atoms with Gasteiger partial charge in [-0.2, -0.15) is 4.73 Å². The van der Waals surface area contributed by atoms with E-state index in [1.807, 2.05) is 0 Å². The number of phenolic OH excluding ortho intramolecular Hbond substituents is 1. The highest BCUT2D eigenvalue weighted by Crippen LogP contribution is 2.46. The molecule has 0 amide bonds. The Kier molecular flexibility index (Phi) is 4.23. The Balaban J connectivity index is 2.03. The number of fused-ring (bicyclic) bond motifs is 2. The fourth-order valence-electron chi connectivity index (χ4n) is 3.38. The van der Waals surface area contributed by atoms with Gasteiger partial charge in [0.2, 0.25) is 15.9 Å². The molecule has 4 aromatic rings. The lowest BCUT2D eigenvalue weighted by atomic mass is 10.1. The lowest BCUT2D eigenvalue weighted by Crippen LogP contribution is -2.25. The van der Waals surface area contributed by atoms with Crippen molar-refractivity contribution in [3.63, 3.8) is 0 Å². The minimum Gasteiger partial charge on any atom is -0.619 e. The molecule has 0 aliphatic rings. The van der Waals surface area contributed by atoms with Crippen LogP contribution in [-0.2, 0) is 16.6 Å². The highest BCUT2D eigenvalue weighted by atomic mass is 32.2. The van der Waals surface area contributed by atoms with Crippen molar-refractivity contribution < 1.29 is 23.4 Å². The van der Waals surface area contributed by atoms with Gasteiger partial charge in [-0.05, 0) is 17.7 Å². The topological polar surface area (TPSA) is 123 Å². The van der Waals surface area contributed by atoms with Crippen LogP contribution in [-0.4, -0.2) is 41.5 Å². The molecule has 0 bridgehead atoms. The van der Waals surface area contributed by atoms with E-state index in [4.69, 9.17) is 0 Å². The quantitative estimate of drug-likeness (QED) is 0.387. The molecular formula is C19H18N4O5S. The number of aromatic hydroxyl groups is 2. The predicted molar refractivity (Wildman–Crippen MR) is 108 cm³/mol. The Labute approximate surface area is 166 Å². The molecule has 3 heterocycles. The molecule has 9 nitrogen and oxygen atoms in total. The van der Waals surface area contributed by atoms with Gasteiger partial charge in [-0.3, -0.25) is 9.29 Å². The van der Waals surface area contributed by atoms with Gasteiger partial charge in [0.05, 0.1) is 23.9 Å². The number of sulfonamides is 1. The summed E-state index contributed by atoms with van der Waals surface area (Å²) in [5.74, 6) is -0.463. The molecule has 0 spiro atoms. The summed E-state index contributed by atoms with van der Waals surface area (Å²) in [6.45, 7) is 0.215. The molecule has 10 heteroatoms. The first kappa shape index (κ1) is 18.8. The zero-order valence-electron chi connectivity index (χ0n) is 15.6. The fourth-order valence-corrected chi connectivity index (χ4v) is 3.91. The zero-order chi connectivity index (χ0) is 20.9. The second kappa shape index (κ2) is 6.52. The van der Waals surface area contributed by atoms with Gasteiger partial charge in [-0.25, -0.2) is 8.42 Å². The third kappa shape index (κ3) is 3.07. The SMILES string of the molecule is CN(c1c2cccnc2c(O)c2c(O)n(Cc3cc[n+]([O-])cc3)cc12)S(C)(=O)=O. The maximum absolute atomic E-state index is 12.3. The summed E-state index contributed by atoms with van der Waals surface area (Å²) in [5.41, 5.74) is 1.24. The van der Waals surface area contributed by atoms with E-state index in [-0.39, 0.29) is 29.1 Å². The Morgan fingerprint density at radius 3 is 2.55 bits per heavy atom. The molecule has 29 heavy (non-hydrogen) atoms. The number of aromatic nitrogens is 3. The largest absolute Gasteiger partial charge is 0.619 e. The lowest BCUT2D eigenvalue weighted by Gasteiger charge is -2.20. The van der Waals surface area contributed by atoms with Crippen LogP contribution in [0.15, 0.2) is 49.1 Å². The van der Waals surface area contributed by atoms with Crippen molar-refractivity contribution in [3.05, 3.63) is 59.8 Å². The van der Waals surface area contributed by atoms with Gasteiger partial charge in [-0.1, -0.05) is 0 Å². The molecule has 0 atom stereocenters. The number of hydrogen-bond donors (Lipinski definition) is 2. The van der Waals surface area contributed by atoms with E-state index < -0.39 is 10.0 Å². The van der Waals surface area contributed by atoms with Crippen molar-refractivity contribution >= 4 is 37.4 Å². The van der Waals surface area contributed by atoms with Crippen molar-refractivity contribution in [2.75, 3.05) is 17.6 Å². The first-order chi connectivity index (χ1) is 13.7. The van der Waals surface area contributed by atoms with E-state index in [1.165, 1.54) is 30.2 Å². The molecule has 0 aliphatic heterocycles. The first-order valence-electron chi connectivity index (χ1n) is 8.61. The average molecular weight is 414 g/mol. The third-order valence-electron chi connectivity index (χ3n) is 4.87. The van der Waals surface area contributed by atoms with Gasteiger partial charge in [0.25, 0.3) is 0 Å². The van der Waals surface area contributed by atoms with Crippen molar-refractivity contribution in [2.24, 2.45) is 0 Å². The maximum atomic E-state index is 12.3. The van der Waals surface area contributed by atoms with Crippen LogP contribution in [0, 0.1) is 5.21 Å². The summed E-state index contributed by atoms with van der Waals surface area (Å²) < 4.78 is 27.8. The van der Waals surface area contributed by atoms with Crippen LogP contribution in [0.4, 0.5) is 5.69 Å². The molecule has 2 N–H and O–H groups in total. The Bertz CT molecular complexity index is 1350. The standard InChI is InChI=1S/C19H18N4O5S/c1-21(29(2,27)28)17-13-4-3-7-20-16(13)18(24)15-14(17)11-22(19(15)25)10-12-5-8-23(26)9-6-12/h3-9,11,24-25H,10H2,1-2H3. The second-order valence-electron chi connectivity index (χ2n) is 6.76. The number of benzene rings is 1. The Hall–Kier alpha value is -3.53. The van der Waals surface area contributed by atoms with Crippen LogP contribution in [0.1, 0.15) is 5.56 Å². The summed E-state index contributed by atoms with van der Waals surface area (Å²) in [6, 6.07) is 6.53. The molecule has 0 unspecified atom stereocenters. The third-order valence-corrected chi connectivity index (χ3v) is 6.04. The number of rotatable bonds is 4. The summed E-state index contributed by atoms with van der Waals surface area (Å²) in [7, 11) is -2.21. The summed E-state index contributed by atoms with van der Waals surface area (Å²) in [5, 5.41) is 33.7. The minimum atomic E-state index is -3.62. The number of pyridine rings is 2. The van der Waals surface area contributed by atoms with E-state index >= 15 is 0 Å². The first-order valence-corrected chi connectivity index (χ1v) is 10.5. The van der Waals surface area contributed by atoms with E-state index in [1.54, 1.807) is 30.5 Å². The van der Waals surface area contributed by atoms with Gasteiger partial charge in [0, 0.05) is 42.3 Å². The van der Waals surface area contributed by atoms with Gasteiger partial charge < -0.3 is 20.0 Å². The monoisotopic (exact) mass is 414 g/mol. The molecule has 4 rings (SSSR count). The van der Waals surface area contributed by atoms with Gasteiger partial charge >= 0.3 is 0 Å². The summed E-state index contributed by atoms with van der Waals surface area (Å²) in [4.78, 5) is 4.17. The van der Waals surface area contributed by atoms with Gasteiger partial charge in [0.1, 0.15) is 5.52 Å². The summed E-state index contributed by atoms with van der Waals surface area (Å²) in [6.07, 6.45) is 6.82. The molecule has 150 valence electrons. The molecule has 0 saturated heterocycles. The van der Waals surface area contributed by atoms with Crippen molar-refractivity contribution in [2.45, 2.75) is 6.54 Å². The number of phenols is 1. The molecule has 0 radical (unpaired) electrons. The second-order valence-corrected chi connectivity index (χ2v) is 8.78. The van der Waals surface area contributed by atoms with E-state index in [0.717, 1.165) is 16.1 Å². The molecule has 0 aliphatic carbocycles. The van der Waals surface area contributed by atoms with Crippen LogP contribution in [0.3, 0.4) is 0 Å². The van der Waals surface area contributed by atoms with Crippen molar-refractivity contribution in [3.8, 4) is 11.6 Å². The number of anilines is 1. The fraction of sp³-hybridized carbons (Fsp3) is 0.158. The highest BCUT2D eigenvalue weighted by Gasteiger charge is 2.25. The zero-order valence-corrected chi connectivity index (χ0v) is 16.5. The molecule has 0 fully saturated rings. The lowest BCUT2D eigenvalue weighted by molar-refractivity contribution is -0.605. The van der Waals surface area contributed by atoms with Crippen LogP contribution in [0.25, 0.3) is 21.7 Å². The minimum absolute atomic E-state index is 0.108. The van der Waals surface area contributed by atoms with Gasteiger partial charge in [-0.15, -0.1) is 0 Å². The van der Waals surface area contributed by atoms with Crippen LogP contribution < -0.4 is 9.04 Å². The van der Waals surface area contributed by atoms with Gasteiger partial charge in [0.15, 0.2) is 18.1 Å². The molecule has 1 aromatic carbocycles. The number of hydrogen-bond acceptors (Lipinski definition) is 6. The average Bonchev–Trinajstić information content (AvgIpc) is 2.99. The van der Waals surface area contributed by atoms with Crippen LogP contribution in [0.2, 0.25) is 0 Å².